The molecule has 0 heterocycles. The maximum atomic E-state index is 10.5. The Kier molecular flexibility index (Phi) is 3.02. The van der Waals surface area contributed by atoms with Gasteiger partial charge in [-0.2, -0.15) is 0 Å². The third-order valence-corrected chi connectivity index (χ3v) is 4.57. The summed E-state index contributed by atoms with van der Waals surface area (Å²) in [5, 5.41) is 23.0. The molecular weight excluding hydrogens is 248 g/mol. The highest BCUT2D eigenvalue weighted by molar-refractivity contribution is 5.89. The van der Waals surface area contributed by atoms with E-state index in [1.807, 2.05) is 13.0 Å². The topological polar surface area (TPSA) is 40.5 Å². The molecule has 1 atom stereocenters. The fourth-order valence-electron chi connectivity index (χ4n) is 3.42. The van der Waals surface area contributed by atoms with E-state index < -0.39 is 5.60 Å². The summed E-state index contributed by atoms with van der Waals surface area (Å²) in [6.45, 7) is 6.06. The first-order valence-electron chi connectivity index (χ1n) is 7.41. The molecule has 0 saturated carbocycles. The van der Waals surface area contributed by atoms with Crippen LogP contribution in [0, 0.1) is 0 Å². The van der Waals surface area contributed by atoms with Crippen LogP contribution in [0.4, 0.5) is 0 Å². The molecule has 0 fully saturated rings. The summed E-state index contributed by atoms with van der Waals surface area (Å²) < 4.78 is 0. The minimum Gasteiger partial charge on any atom is -0.508 e. The smallest absolute Gasteiger partial charge is 0.119 e. The lowest BCUT2D eigenvalue weighted by atomic mass is 9.78. The first-order valence-corrected chi connectivity index (χ1v) is 7.41. The van der Waals surface area contributed by atoms with Crippen molar-refractivity contribution in [3.05, 3.63) is 41.0 Å². The monoisotopic (exact) mass is 270 g/mol. The van der Waals surface area contributed by atoms with Crippen molar-refractivity contribution in [3.63, 3.8) is 0 Å². The van der Waals surface area contributed by atoms with E-state index in [0.29, 0.717) is 11.7 Å². The van der Waals surface area contributed by atoms with E-state index in [1.165, 1.54) is 5.56 Å². The van der Waals surface area contributed by atoms with Gasteiger partial charge in [0.25, 0.3) is 0 Å². The Morgan fingerprint density at radius 1 is 1.20 bits per heavy atom. The van der Waals surface area contributed by atoms with Gasteiger partial charge in [-0.25, -0.2) is 0 Å². The first-order chi connectivity index (χ1) is 9.40. The molecule has 106 valence electrons. The van der Waals surface area contributed by atoms with Gasteiger partial charge < -0.3 is 10.2 Å². The third kappa shape index (κ3) is 1.99. The van der Waals surface area contributed by atoms with Gasteiger partial charge in [-0.1, -0.05) is 26.0 Å². The number of aryl methyl sites for hydroxylation is 1. The van der Waals surface area contributed by atoms with Crippen LogP contribution in [-0.4, -0.2) is 10.2 Å². The normalized spacial score (nSPS) is 22.2. The standard InChI is InChI=1S/C18H22O2/c1-11(2)14-9-12-6-7-16-13(15(12)10-17(14)19)5-4-8-18(16,3)20/h6-7,9-11,19-20H,4-5,8H2,1-3H3/t18-/m1/s1. The SMILES string of the molecule is CC(C)c1cc2ccc3c(c2cc1O)CCC[C@@]3(C)O. The molecule has 0 bridgehead atoms. The Bertz CT molecular complexity index is 669. The maximum Gasteiger partial charge on any atom is 0.119 e. The molecule has 3 rings (SSSR count). The summed E-state index contributed by atoms with van der Waals surface area (Å²) in [7, 11) is 0. The Hall–Kier alpha value is -1.54. The third-order valence-electron chi connectivity index (χ3n) is 4.57. The van der Waals surface area contributed by atoms with Gasteiger partial charge in [-0.05, 0) is 71.7 Å². The Morgan fingerprint density at radius 2 is 1.95 bits per heavy atom. The van der Waals surface area contributed by atoms with Crippen LogP contribution in [0.2, 0.25) is 0 Å². The van der Waals surface area contributed by atoms with Crippen LogP contribution in [0.5, 0.6) is 5.75 Å². The molecule has 2 N–H and O–H groups in total. The highest BCUT2D eigenvalue weighted by Crippen LogP contribution is 2.40. The Labute approximate surface area is 120 Å². The van der Waals surface area contributed by atoms with Gasteiger partial charge in [0, 0.05) is 0 Å². The summed E-state index contributed by atoms with van der Waals surface area (Å²) in [4.78, 5) is 0. The van der Waals surface area contributed by atoms with Gasteiger partial charge in [-0.15, -0.1) is 0 Å². The number of aromatic hydroxyl groups is 1. The van der Waals surface area contributed by atoms with Gasteiger partial charge in [0.1, 0.15) is 5.75 Å². The number of aliphatic hydroxyl groups is 1. The molecule has 20 heavy (non-hydrogen) atoms. The highest BCUT2D eigenvalue weighted by Gasteiger charge is 2.30. The summed E-state index contributed by atoms with van der Waals surface area (Å²) >= 11 is 0. The minimum atomic E-state index is -0.742. The van der Waals surface area contributed by atoms with Gasteiger partial charge in [0.15, 0.2) is 0 Å². The van der Waals surface area contributed by atoms with E-state index in [0.717, 1.165) is 41.2 Å². The molecule has 1 aliphatic carbocycles. The molecule has 2 nitrogen and oxygen atoms in total. The molecule has 0 unspecified atom stereocenters. The van der Waals surface area contributed by atoms with Crippen LogP contribution >= 0.6 is 0 Å². The van der Waals surface area contributed by atoms with Gasteiger partial charge in [-0.3, -0.25) is 0 Å². The Morgan fingerprint density at radius 3 is 2.65 bits per heavy atom. The van der Waals surface area contributed by atoms with Crippen molar-refractivity contribution < 1.29 is 10.2 Å². The van der Waals surface area contributed by atoms with Crippen molar-refractivity contribution in [2.24, 2.45) is 0 Å². The molecule has 0 aliphatic heterocycles. The van der Waals surface area contributed by atoms with Crippen LogP contribution in [0.15, 0.2) is 24.3 Å². The van der Waals surface area contributed by atoms with Crippen LogP contribution in [0.25, 0.3) is 10.8 Å². The zero-order valence-electron chi connectivity index (χ0n) is 12.4. The number of phenols is 1. The van der Waals surface area contributed by atoms with Crippen LogP contribution in [0.1, 0.15) is 56.2 Å². The van der Waals surface area contributed by atoms with Crippen molar-refractivity contribution in [3.8, 4) is 5.75 Å². The van der Waals surface area contributed by atoms with Crippen LogP contribution in [-0.2, 0) is 12.0 Å². The number of benzene rings is 2. The molecule has 0 saturated heterocycles. The molecule has 2 aromatic carbocycles. The quantitative estimate of drug-likeness (QED) is 0.814. The van der Waals surface area contributed by atoms with E-state index >= 15 is 0 Å². The first kappa shape index (κ1) is 13.4. The van der Waals surface area contributed by atoms with E-state index in [4.69, 9.17) is 0 Å². The number of rotatable bonds is 1. The van der Waals surface area contributed by atoms with Gasteiger partial charge in [0.2, 0.25) is 0 Å². The second-order valence-electron chi connectivity index (χ2n) is 6.51. The average Bonchev–Trinajstić information content (AvgIpc) is 2.37. The summed E-state index contributed by atoms with van der Waals surface area (Å²) in [6.07, 6.45) is 2.77. The lowest BCUT2D eigenvalue weighted by molar-refractivity contribution is 0.0390. The lowest BCUT2D eigenvalue weighted by Gasteiger charge is -2.32. The second-order valence-corrected chi connectivity index (χ2v) is 6.51. The van der Waals surface area contributed by atoms with E-state index in [-0.39, 0.29) is 0 Å². The zero-order chi connectivity index (χ0) is 14.5. The summed E-state index contributed by atoms with van der Waals surface area (Å²) in [6, 6.07) is 8.08. The van der Waals surface area contributed by atoms with Crippen molar-refractivity contribution in [1.82, 2.24) is 0 Å². The average molecular weight is 270 g/mol. The van der Waals surface area contributed by atoms with Crippen LogP contribution in [0.3, 0.4) is 0 Å². The molecule has 2 heteroatoms. The molecular formula is C18H22O2. The zero-order valence-corrected chi connectivity index (χ0v) is 12.4. The fraction of sp³-hybridized carbons (Fsp3) is 0.444. The van der Waals surface area contributed by atoms with Crippen molar-refractivity contribution in [1.29, 1.82) is 0 Å². The highest BCUT2D eigenvalue weighted by atomic mass is 16.3. The number of fused-ring (bicyclic) bond motifs is 3. The Balaban J connectivity index is 2.29. The van der Waals surface area contributed by atoms with Gasteiger partial charge in [0.05, 0.1) is 5.60 Å². The van der Waals surface area contributed by atoms with Crippen LogP contribution < -0.4 is 0 Å². The van der Waals surface area contributed by atoms with Crippen molar-refractivity contribution in [2.45, 2.75) is 51.6 Å². The largest absolute Gasteiger partial charge is 0.508 e. The summed E-state index contributed by atoms with van der Waals surface area (Å²) in [5.41, 5.74) is 2.46. The number of phenolic OH excluding ortho intramolecular Hbond substituents is 1. The fourth-order valence-corrected chi connectivity index (χ4v) is 3.42. The number of hydrogen-bond donors (Lipinski definition) is 2. The second kappa shape index (κ2) is 4.49. The summed E-state index contributed by atoms with van der Waals surface area (Å²) in [5.74, 6) is 0.671. The molecule has 2 aromatic rings. The van der Waals surface area contributed by atoms with E-state index in [9.17, 15) is 10.2 Å². The van der Waals surface area contributed by atoms with Gasteiger partial charge >= 0.3 is 0 Å². The minimum absolute atomic E-state index is 0.304. The van der Waals surface area contributed by atoms with Crippen molar-refractivity contribution >= 4 is 10.8 Å². The van der Waals surface area contributed by atoms with E-state index in [1.54, 1.807) is 0 Å². The molecule has 0 spiro atoms. The molecule has 0 aromatic heterocycles. The maximum absolute atomic E-state index is 10.5. The lowest BCUT2D eigenvalue weighted by Crippen LogP contribution is -2.26. The predicted molar refractivity (Wildman–Crippen MR) is 82.2 cm³/mol. The molecule has 0 amide bonds. The van der Waals surface area contributed by atoms with E-state index in [2.05, 4.69) is 32.0 Å². The molecule has 1 aliphatic rings. The predicted octanol–water partition coefficient (Wildman–Crippen LogP) is 4.21. The number of hydrogen-bond acceptors (Lipinski definition) is 2. The molecule has 0 radical (unpaired) electrons. The van der Waals surface area contributed by atoms with Crippen molar-refractivity contribution in [2.75, 3.05) is 0 Å².